The number of fused-ring (bicyclic) bond motifs is 5. The Balaban J connectivity index is 0.778. The van der Waals surface area contributed by atoms with Gasteiger partial charge in [-0.05, 0) is 116 Å². The Hall–Kier alpha value is -10.7. The Morgan fingerprint density at radius 2 is 1.32 bits per heavy atom. The number of nitrogens with zero attached hydrogens (tertiary/aromatic N) is 2. The summed E-state index contributed by atoms with van der Waals surface area (Å²) in [6.45, 7) is 8.35. The molecule has 0 radical (unpaired) electrons. The summed E-state index contributed by atoms with van der Waals surface area (Å²) in [6, 6.07) is 5.84. The quantitative estimate of drug-likeness (QED) is 0.00619. The average molecular weight is 1700 g/mol. The van der Waals surface area contributed by atoms with Crippen molar-refractivity contribution >= 4 is 87.8 Å². The number of aliphatic imine (C=N–C) groups is 1. The molecule has 5 aromatic rings. The van der Waals surface area contributed by atoms with E-state index in [4.69, 9.17) is 76.0 Å². The summed E-state index contributed by atoms with van der Waals surface area (Å²) in [6.07, 6.45) is -5.70. The van der Waals surface area contributed by atoms with Crippen molar-refractivity contribution in [1.82, 2.24) is 46.8 Å². The Morgan fingerprint density at radius 1 is 0.717 bits per heavy atom. The number of primary amides is 1. The molecule has 10 rings (SSSR count). The molecule has 40 heteroatoms. The first kappa shape index (κ1) is 91.6. The molecule has 656 valence electrons. The van der Waals surface area contributed by atoms with Gasteiger partial charge in [-0.2, -0.15) is 0 Å². The second kappa shape index (κ2) is 42.0. The Morgan fingerprint density at radius 3 is 1.95 bits per heavy atom. The van der Waals surface area contributed by atoms with E-state index in [1.807, 2.05) is 31.2 Å². The SMILES string of the molecule is CCC(C)[C@H](NC(=O)[C@H](CCCCN)NC(=O)[C@@H](NC(=O)[C@H](CCC(N)=O)NC(=O)[C@H](CCCN=C(N)N)NC(=O)[C@@H](N)CSc1cc(O)n(CCC(=O)Oc2c(OC)cc([C@@H]3c4cc5c(cc4[C@@H](OC4OC6COC(C)OC6C(O)C4O)[C@H]4COC(=O)[C@H]34)OCO5)cc2OC)c1O)C(C)CC)C(=O)N[C@@H](Cc1c[nH]c2ccccc12)C(=O)NC. The number of thioether (sulfide) groups is 1. The Bertz CT molecular complexity index is 4500. The lowest BCUT2D eigenvalue weighted by Gasteiger charge is -2.47. The van der Waals surface area contributed by atoms with Crippen LogP contribution in [0.15, 0.2) is 70.7 Å². The van der Waals surface area contributed by atoms with Crippen LogP contribution < -0.4 is 89.6 Å². The minimum absolute atomic E-state index is 0.00166. The van der Waals surface area contributed by atoms with Gasteiger partial charge in [0.1, 0.15) is 60.7 Å². The summed E-state index contributed by atoms with van der Waals surface area (Å²) >= 11 is 0.832. The van der Waals surface area contributed by atoms with Crippen LogP contribution in [0.25, 0.3) is 10.9 Å². The molecule has 0 bridgehead atoms. The third-order valence-corrected chi connectivity index (χ3v) is 23.4. The highest BCUT2D eigenvalue weighted by Crippen LogP contribution is 2.57. The monoisotopic (exact) mass is 1700 g/mol. The maximum atomic E-state index is 14.7. The number of nitrogens with two attached hydrogens (primary N) is 5. The van der Waals surface area contributed by atoms with Crippen molar-refractivity contribution < 1.29 is 116 Å². The summed E-state index contributed by atoms with van der Waals surface area (Å²) in [5.41, 5.74) is 32.2. The molecule has 8 amide bonds. The van der Waals surface area contributed by atoms with Gasteiger partial charge in [0, 0.05) is 73.7 Å². The number of aliphatic hydroxyl groups excluding tert-OH is 2. The number of guanidine groups is 1. The van der Waals surface area contributed by atoms with E-state index in [1.54, 1.807) is 58.2 Å². The van der Waals surface area contributed by atoms with Gasteiger partial charge in [-0.3, -0.25) is 57.5 Å². The number of carbonyl (C=O) groups is 10. The van der Waals surface area contributed by atoms with Crippen LogP contribution in [-0.4, -0.2) is 235 Å². The summed E-state index contributed by atoms with van der Waals surface area (Å²) in [4.78, 5) is 148. The molecule has 2 aromatic heterocycles. The average Bonchev–Trinajstić information content (AvgIpc) is 1.48. The molecule has 3 aromatic carbocycles. The first-order chi connectivity index (χ1) is 57.4. The minimum atomic E-state index is -1.58. The fourth-order valence-corrected chi connectivity index (χ4v) is 16.2. The molecule has 1 aliphatic carbocycles. The van der Waals surface area contributed by atoms with Gasteiger partial charge in [-0.15, -0.1) is 11.8 Å². The summed E-state index contributed by atoms with van der Waals surface area (Å²) < 4.78 is 60.1. The number of aromatic amines is 1. The molecule has 0 spiro atoms. The van der Waals surface area contributed by atoms with Crippen LogP contribution in [0.3, 0.4) is 0 Å². The number of cyclic esters (lactones) is 1. The number of hydrogen-bond donors (Lipinski definition) is 17. The highest BCUT2D eigenvalue weighted by Gasteiger charge is 2.56. The lowest BCUT2D eigenvalue weighted by molar-refractivity contribution is -0.364. The molecule has 4 aliphatic heterocycles. The largest absolute Gasteiger partial charge is 0.494 e. The second-order valence-electron chi connectivity index (χ2n) is 30.4. The molecule has 19 atom stereocenters. The summed E-state index contributed by atoms with van der Waals surface area (Å²) in [5.74, 6) is -12.4. The number of nitrogens with one attached hydrogen (secondary N) is 8. The summed E-state index contributed by atoms with van der Waals surface area (Å²) in [7, 11) is 4.09. The van der Waals surface area contributed by atoms with Crippen molar-refractivity contribution in [2.24, 2.45) is 57.3 Å². The number of carbonyl (C=O) groups excluding carboxylic acids is 10. The van der Waals surface area contributed by atoms with Gasteiger partial charge in [-0.25, -0.2) is 0 Å². The number of benzene rings is 3. The zero-order valence-electron chi connectivity index (χ0n) is 68.1. The maximum Gasteiger partial charge on any atom is 0.313 e. The number of esters is 2. The van der Waals surface area contributed by atoms with Gasteiger partial charge in [0.05, 0.1) is 56.8 Å². The molecule has 3 fully saturated rings. The van der Waals surface area contributed by atoms with E-state index in [0.29, 0.717) is 53.9 Å². The predicted octanol–water partition coefficient (Wildman–Crippen LogP) is 0.180. The van der Waals surface area contributed by atoms with E-state index >= 15 is 0 Å². The second-order valence-corrected chi connectivity index (χ2v) is 31.4. The lowest BCUT2D eigenvalue weighted by Crippen LogP contribution is -2.63. The van der Waals surface area contributed by atoms with Gasteiger partial charge in [0.25, 0.3) is 0 Å². The van der Waals surface area contributed by atoms with Crippen molar-refractivity contribution in [1.29, 1.82) is 0 Å². The number of H-pyrrole nitrogens is 1. The third kappa shape index (κ3) is 22.1. The van der Waals surface area contributed by atoms with Crippen LogP contribution in [0.5, 0.6) is 40.5 Å². The zero-order chi connectivity index (χ0) is 86.9. The number of rotatable bonds is 42. The van der Waals surface area contributed by atoms with Gasteiger partial charge in [-0.1, -0.05) is 58.7 Å². The first-order valence-corrected chi connectivity index (χ1v) is 41.0. The lowest BCUT2D eigenvalue weighted by atomic mass is 9.66. The van der Waals surface area contributed by atoms with E-state index in [9.17, 15) is 68.4 Å². The standard InChI is InChI=1S/C80H111N15O24S/c1-9-37(3)63(75(106)91-48(18-13-14-23-81)73(104)93-64(38(4)10-2)76(107)92-51(71(102)86-6)26-41-32-88-47-17-12-11-16-42(41)47)94-74(105)50(20-21-58(83)96)90-72(103)49(19-15-24-87-80(84)85)89-70(101)46(82)35-120-57-31-59(97)95(77(57)108)25-22-60(98)118-68-54(110-7)27-40(28-55(68)111-8)61-43-29-52-53(115-36-114-52)30-44(43)67(45-33-113-78(109)62(45)61)119-79-66(100)65(99)69-56(117-79)34-112-39(5)116-69/h11-12,16-17,27-32,37-39,45-46,48-51,56,61-67,69,79,88,97,99-100,108H,9-10,13-15,18-26,33-36,81-82H2,1-8H3,(H2,83,96)(H,86,102)(H,89,101)(H,90,103)(H,91,106)(H,92,107)(H,93,104)(H,94,105)(H4,84,85,87)/t37?,38?,39?,45-,46-,48-,49-,50-,51-,56?,61+,62-,63-,64-,65?,66?,67+,69?,79?/m0/s1. The van der Waals surface area contributed by atoms with E-state index in [1.165, 1.54) is 27.3 Å². The molecule has 3 saturated heterocycles. The molecule has 120 heavy (non-hydrogen) atoms. The molecule has 6 heterocycles. The number of aromatic nitrogens is 2. The van der Waals surface area contributed by atoms with Crippen LogP contribution in [0, 0.1) is 23.7 Å². The fourth-order valence-electron chi connectivity index (χ4n) is 15.3. The zero-order valence-corrected chi connectivity index (χ0v) is 68.9. The topological polar surface area (TPSA) is 591 Å². The number of ether oxygens (including phenoxy) is 10. The van der Waals surface area contributed by atoms with Crippen molar-refractivity contribution in [3.63, 3.8) is 0 Å². The van der Waals surface area contributed by atoms with Crippen LogP contribution >= 0.6 is 11.8 Å². The maximum absolute atomic E-state index is 14.7. The normalized spacial score (nSPS) is 22.4. The molecular formula is C80H111N15O24S. The highest BCUT2D eigenvalue weighted by molar-refractivity contribution is 7.99. The van der Waals surface area contributed by atoms with Gasteiger partial charge < -0.3 is 139 Å². The van der Waals surface area contributed by atoms with Crippen LogP contribution in [0.1, 0.15) is 133 Å². The molecule has 22 N–H and O–H groups in total. The smallest absolute Gasteiger partial charge is 0.313 e. The molecule has 39 nitrogen and oxygen atoms in total. The number of amides is 8. The number of unbranched alkanes of at least 4 members (excludes halogenated alkanes) is 1. The number of hydrogen-bond acceptors (Lipinski definition) is 28. The predicted molar refractivity (Wildman–Crippen MR) is 431 cm³/mol. The fraction of sp³-hybridized carbons (Fsp3) is 0.562. The molecular weight excluding hydrogens is 1590 g/mol. The minimum Gasteiger partial charge on any atom is -0.494 e. The third-order valence-electron chi connectivity index (χ3n) is 22.3. The van der Waals surface area contributed by atoms with Crippen molar-refractivity contribution in [3.8, 4) is 40.5 Å². The number of likely N-dealkylation sites (N-methyl/N-ethyl adjacent to an activating group) is 1. The van der Waals surface area contributed by atoms with Gasteiger partial charge >= 0.3 is 11.9 Å². The Labute approximate surface area is 696 Å². The number of aromatic hydroxyl groups is 2. The van der Waals surface area contributed by atoms with Crippen LogP contribution in [0.4, 0.5) is 0 Å². The van der Waals surface area contributed by atoms with Gasteiger partial charge in [0.2, 0.25) is 65.7 Å². The van der Waals surface area contributed by atoms with Crippen LogP contribution in [-0.2, 0) is 84.6 Å². The van der Waals surface area contributed by atoms with Gasteiger partial charge in [0.15, 0.2) is 47.4 Å². The van der Waals surface area contributed by atoms with E-state index < -0.39 is 205 Å². The van der Waals surface area contributed by atoms with Crippen LogP contribution in [0.2, 0.25) is 0 Å². The van der Waals surface area contributed by atoms with Crippen molar-refractivity contribution in [2.75, 3.05) is 60.1 Å². The first-order valence-electron chi connectivity index (χ1n) is 40.0. The number of para-hydroxylation sites is 1. The Kier molecular flexibility index (Phi) is 32.0. The number of methoxy groups -OCH3 is 2. The van der Waals surface area contributed by atoms with Crippen molar-refractivity contribution in [2.45, 2.75) is 208 Å². The number of aliphatic hydroxyl groups is 2. The molecule has 0 saturated carbocycles. The van der Waals surface area contributed by atoms with E-state index in [0.717, 1.165) is 32.8 Å². The van der Waals surface area contributed by atoms with E-state index in [2.05, 4.69) is 47.2 Å². The molecule has 5 aliphatic rings. The summed E-state index contributed by atoms with van der Waals surface area (Å²) in [5, 5.41) is 65.1. The van der Waals surface area contributed by atoms with E-state index in [-0.39, 0.29) is 99.2 Å². The molecule has 8 unspecified atom stereocenters. The van der Waals surface area contributed by atoms with Crippen molar-refractivity contribution in [3.05, 3.63) is 83.0 Å². The highest BCUT2D eigenvalue weighted by atomic mass is 32.2.